The monoisotopic (exact) mass is 349 g/mol. The summed E-state index contributed by atoms with van der Waals surface area (Å²) >= 11 is 17.7. The van der Waals surface area contributed by atoms with Gasteiger partial charge < -0.3 is 10.6 Å². The number of hydrogen-bond acceptors (Lipinski definition) is 5. The lowest BCUT2D eigenvalue weighted by Gasteiger charge is -2.10. The van der Waals surface area contributed by atoms with Crippen molar-refractivity contribution in [2.45, 2.75) is 13.3 Å². The van der Waals surface area contributed by atoms with E-state index >= 15 is 0 Å². The van der Waals surface area contributed by atoms with Gasteiger partial charge in [0.05, 0.1) is 15.7 Å². The first kappa shape index (κ1) is 16.0. The number of benzene rings is 1. The van der Waals surface area contributed by atoms with Crippen LogP contribution in [-0.2, 0) is 0 Å². The van der Waals surface area contributed by atoms with Crippen molar-refractivity contribution in [1.82, 2.24) is 15.0 Å². The third-order valence-electron chi connectivity index (χ3n) is 2.38. The Bertz CT molecular complexity index is 630. The highest BCUT2D eigenvalue weighted by Crippen LogP contribution is 2.33. The predicted molar refractivity (Wildman–Crippen MR) is 83.3 cm³/mol. The van der Waals surface area contributed by atoms with Crippen LogP contribution in [0.5, 0.6) is 0 Å². The maximum atomic E-state index is 13.1. The molecule has 0 saturated carbocycles. The molecule has 9 heteroatoms. The number of anilines is 3. The molecule has 5 nitrogen and oxygen atoms in total. The van der Waals surface area contributed by atoms with E-state index in [2.05, 4.69) is 25.6 Å². The zero-order chi connectivity index (χ0) is 15.4. The molecule has 0 atom stereocenters. The van der Waals surface area contributed by atoms with Crippen LogP contribution in [0.25, 0.3) is 0 Å². The van der Waals surface area contributed by atoms with Crippen molar-refractivity contribution in [2.24, 2.45) is 0 Å². The van der Waals surface area contributed by atoms with Crippen molar-refractivity contribution in [3.63, 3.8) is 0 Å². The first-order valence-corrected chi connectivity index (χ1v) is 7.20. The van der Waals surface area contributed by atoms with Gasteiger partial charge in [0.2, 0.25) is 17.2 Å². The molecule has 1 aromatic heterocycles. The summed E-state index contributed by atoms with van der Waals surface area (Å²) in [5.41, 5.74) is 0.295. The van der Waals surface area contributed by atoms with Crippen LogP contribution < -0.4 is 10.6 Å². The number of nitrogens with one attached hydrogen (secondary N) is 2. The second kappa shape index (κ2) is 7.06. The summed E-state index contributed by atoms with van der Waals surface area (Å²) in [7, 11) is 0. The first-order valence-electron chi connectivity index (χ1n) is 6.06. The zero-order valence-corrected chi connectivity index (χ0v) is 13.2. The van der Waals surface area contributed by atoms with E-state index in [1.807, 2.05) is 6.92 Å². The maximum Gasteiger partial charge on any atom is 0.233 e. The summed E-state index contributed by atoms with van der Waals surface area (Å²) < 4.78 is 13.1. The van der Waals surface area contributed by atoms with E-state index in [-0.39, 0.29) is 21.3 Å². The Balaban J connectivity index is 2.29. The second-order valence-electron chi connectivity index (χ2n) is 4.05. The van der Waals surface area contributed by atoms with Crippen LogP contribution in [0.2, 0.25) is 15.3 Å². The molecule has 0 aliphatic rings. The fourth-order valence-corrected chi connectivity index (χ4v) is 2.21. The van der Waals surface area contributed by atoms with E-state index in [4.69, 9.17) is 34.8 Å². The quantitative estimate of drug-likeness (QED) is 0.829. The summed E-state index contributed by atoms with van der Waals surface area (Å²) in [6.45, 7) is 2.70. The molecule has 0 saturated heterocycles. The van der Waals surface area contributed by atoms with Gasteiger partial charge >= 0.3 is 0 Å². The predicted octanol–water partition coefficient (Wildman–Crippen LogP) is 4.54. The standard InChI is InChI=1S/C12H11Cl3FN5/c1-2-3-17-11-19-10(15)20-12(21-11)18-9-7(13)4-6(16)5-8(9)14/h4-5H,2-3H2,1H3,(H2,17,18,19,20,21). The third kappa shape index (κ3) is 4.30. The molecule has 21 heavy (non-hydrogen) atoms. The lowest BCUT2D eigenvalue weighted by atomic mass is 10.3. The molecule has 0 bridgehead atoms. The van der Waals surface area contributed by atoms with Gasteiger partial charge in [-0.2, -0.15) is 15.0 Å². The SMILES string of the molecule is CCCNc1nc(Cl)nc(Nc2c(Cl)cc(F)cc2Cl)n1. The third-order valence-corrected chi connectivity index (χ3v) is 3.15. The van der Waals surface area contributed by atoms with Crippen LogP contribution >= 0.6 is 34.8 Å². The number of aromatic nitrogens is 3. The Labute approximate surface area is 135 Å². The van der Waals surface area contributed by atoms with Crippen molar-refractivity contribution in [3.05, 3.63) is 33.3 Å². The number of halogens is 4. The molecule has 2 rings (SSSR count). The average Bonchev–Trinajstić information content (AvgIpc) is 2.40. The minimum Gasteiger partial charge on any atom is -0.354 e. The molecule has 1 heterocycles. The van der Waals surface area contributed by atoms with Gasteiger partial charge in [0.25, 0.3) is 0 Å². The molecule has 0 aliphatic heterocycles. The Kier molecular flexibility index (Phi) is 5.39. The number of rotatable bonds is 5. The highest BCUT2D eigenvalue weighted by molar-refractivity contribution is 6.39. The van der Waals surface area contributed by atoms with E-state index in [1.54, 1.807) is 0 Å². The molecular formula is C12H11Cl3FN5. The van der Waals surface area contributed by atoms with Crippen LogP contribution in [0.4, 0.5) is 22.0 Å². The van der Waals surface area contributed by atoms with Crippen LogP contribution in [0.1, 0.15) is 13.3 Å². The van der Waals surface area contributed by atoms with Crippen molar-refractivity contribution < 1.29 is 4.39 Å². The van der Waals surface area contributed by atoms with Crippen LogP contribution in [0, 0.1) is 5.82 Å². The summed E-state index contributed by atoms with van der Waals surface area (Å²) in [4.78, 5) is 12.0. The fraction of sp³-hybridized carbons (Fsp3) is 0.250. The summed E-state index contributed by atoms with van der Waals surface area (Å²) in [6, 6.07) is 2.27. The molecule has 0 fully saturated rings. The van der Waals surface area contributed by atoms with Crippen LogP contribution in [-0.4, -0.2) is 21.5 Å². The largest absolute Gasteiger partial charge is 0.354 e. The highest BCUT2D eigenvalue weighted by atomic mass is 35.5. The topological polar surface area (TPSA) is 62.7 Å². The van der Waals surface area contributed by atoms with E-state index in [1.165, 1.54) is 0 Å². The Morgan fingerprint density at radius 3 is 2.29 bits per heavy atom. The molecule has 112 valence electrons. The van der Waals surface area contributed by atoms with Gasteiger partial charge in [-0.3, -0.25) is 0 Å². The molecule has 0 amide bonds. The van der Waals surface area contributed by atoms with E-state index in [0.717, 1.165) is 18.6 Å². The van der Waals surface area contributed by atoms with Gasteiger partial charge in [0, 0.05) is 6.54 Å². The molecule has 0 radical (unpaired) electrons. The smallest absolute Gasteiger partial charge is 0.233 e. The first-order chi connectivity index (χ1) is 9.99. The normalized spacial score (nSPS) is 10.5. The van der Waals surface area contributed by atoms with Crippen molar-refractivity contribution in [1.29, 1.82) is 0 Å². The molecule has 1 aromatic carbocycles. The minimum absolute atomic E-state index is 0.0143. The van der Waals surface area contributed by atoms with Gasteiger partial charge in [0.1, 0.15) is 5.82 Å². The Hall–Kier alpha value is -1.37. The van der Waals surface area contributed by atoms with E-state index in [9.17, 15) is 4.39 Å². The van der Waals surface area contributed by atoms with Gasteiger partial charge in [0.15, 0.2) is 0 Å². The second-order valence-corrected chi connectivity index (χ2v) is 5.20. The summed E-state index contributed by atoms with van der Waals surface area (Å²) in [6.07, 6.45) is 0.904. The molecular weight excluding hydrogens is 340 g/mol. The van der Waals surface area contributed by atoms with Crippen molar-refractivity contribution >= 4 is 52.4 Å². The van der Waals surface area contributed by atoms with Crippen molar-refractivity contribution in [3.8, 4) is 0 Å². The van der Waals surface area contributed by atoms with E-state index in [0.29, 0.717) is 18.2 Å². The van der Waals surface area contributed by atoms with Gasteiger partial charge in [-0.25, -0.2) is 4.39 Å². The number of nitrogens with zero attached hydrogens (tertiary/aromatic N) is 3. The summed E-state index contributed by atoms with van der Waals surface area (Å²) in [5.74, 6) is -0.0488. The van der Waals surface area contributed by atoms with Crippen LogP contribution in [0.3, 0.4) is 0 Å². The van der Waals surface area contributed by atoms with Gasteiger partial charge in [-0.15, -0.1) is 0 Å². The lowest BCUT2D eigenvalue weighted by Crippen LogP contribution is -2.08. The molecule has 2 N–H and O–H groups in total. The zero-order valence-electron chi connectivity index (χ0n) is 10.9. The van der Waals surface area contributed by atoms with Crippen molar-refractivity contribution in [2.75, 3.05) is 17.2 Å². The van der Waals surface area contributed by atoms with Crippen LogP contribution in [0.15, 0.2) is 12.1 Å². The molecule has 0 unspecified atom stereocenters. The summed E-state index contributed by atoms with van der Waals surface area (Å²) in [5, 5.41) is 6.03. The Morgan fingerprint density at radius 2 is 1.67 bits per heavy atom. The maximum absolute atomic E-state index is 13.1. The molecule has 0 spiro atoms. The van der Waals surface area contributed by atoms with Gasteiger partial charge in [-0.05, 0) is 30.2 Å². The molecule has 2 aromatic rings. The highest BCUT2D eigenvalue weighted by Gasteiger charge is 2.12. The molecule has 0 aliphatic carbocycles. The lowest BCUT2D eigenvalue weighted by molar-refractivity contribution is 0.628. The Morgan fingerprint density at radius 1 is 1.05 bits per heavy atom. The average molecular weight is 351 g/mol. The van der Waals surface area contributed by atoms with E-state index < -0.39 is 5.82 Å². The number of hydrogen-bond donors (Lipinski definition) is 2. The van der Waals surface area contributed by atoms with Gasteiger partial charge in [-0.1, -0.05) is 30.1 Å². The minimum atomic E-state index is -0.533. The fourth-order valence-electron chi connectivity index (χ4n) is 1.50.